The van der Waals surface area contributed by atoms with Gasteiger partial charge in [-0.3, -0.25) is 14.3 Å². The number of hydrogen-bond donors (Lipinski definition) is 2. The Hall–Kier alpha value is -3.28. The van der Waals surface area contributed by atoms with Crippen molar-refractivity contribution in [1.82, 2.24) is 4.98 Å². The molecule has 1 aromatic carbocycles. The molecule has 2 aliphatic carbocycles. The van der Waals surface area contributed by atoms with E-state index >= 15 is 0 Å². The van der Waals surface area contributed by atoms with Crippen LogP contribution in [0.25, 0.3) is 0 Å². The molecule has 3 fully saturated rings. The summed E-state index contributed by atoms with van der Waals surface area (Å²) in [5.74, 6) is -3.32. The Morgan fingerprint density at radius 1 is 0.976 bits per heavy atom. The number of alkyl halides is 2. The Labute approximate surface area is 238 Å². The number of pyridine rings is 1. The molecule has 41 heavy (non-hydrogen) atoms. The van der Waals surface area contributed by atoms with Gasteiger partial charge in [0.25, 0.3) is 5.91 Å². The van der Waals surface area contributed by atoms with Gasteiger partial charge in [-0.2, -0.15) is 0 Å². The highest BCUT2D eigenvalue weighted by atomic mass is 32.2. The molecule has 6 rings (SSSR count). The number of benzene rings is 1. The molecule has 3 heterocycles. The van der Waals surface area contributed by atoms with E-state index in [0.29, 0.717) is 33.7 Å². The molecule has 2 saturated carbocycles. The summed E-state index contributed by atoms with van der Waals surface area (Å²) >= 11 is 0. The average molecular weight is 588 g/mol. The van der Waals surface area contributed by atoms with Crippen LogP contribution in [0, 0.1) is 5.41 Å². The van der Waals surface area contributed by atoms with Crippen LogP contribution in [0.5, 0.6) is 0 Å². The summed E-state index contributed by atoms with van der Waals surface area (Å²) in [6, 6.07) is 8.18. The Bertz CT molecular complexity index is 1510. The summed E-state index contributed by atoms with van der Waals surface area (Å²) in [5, 5.41) is 2.85. The molecule has 2 amide bonds. The molecular weight excluding hydrogens is 552 g/mol. The van der Waals surface area contributed by atoms with Gasteiger partial charge in [-0.25, -0.2) is 22.2 Å². The quantitative estimate of drug-likeness (QED) is 0.498. The van der Waals surface area contributed by atoms with Gasteiger partial charge in [0.2, 0.25) is 21.9 Å². The number of hydrogen-bond acceptors (Lipinski definition) is 6. The Morgan fingerprint density at radius 3 is 2.29 bits per heavy atom. The van der Waals surface area contributed by atoms with Crippen molar-refractivity contribution in [2.45, 2.75) is 69.6 Å². The molecule has 9 nitrogen and oxygen atoms in total. The van der Waals surface area contributed by atoms with Crippen LogP contribution in [-0.4, -0.2) is 57.0 Å². The number of aromatic nitrogens is 1. The summed E-state index contributed by atoms with van der Waals surface area (Å²) in [7, 11) is -1.89. The summed E-state index contributed by atoms with van der Waals surface area (Å²) in [6.07, 6.45) is 3.71. The highest BCUT2D eigenvalue weighted by Crippen LogP contribution is 2.54. The van der Waals surface area contributed by atoms with Crippen molar-refractivity contribution in [3.63, 3.8) is 0 Å². The molecule has 2 aliphatic heterocycles. The predicted molar refractivity (Wildman–Crippen MR) is 153 cm³/mol. The number of carbonyl (C=O) groups excluding carboxylic acids is 2. The van der Waals surface area contributed by atoms with E-state index in [-0.39, 0.29) is 43.2 Å². The van der Waals surface area contributed by atoms with Crippen molar-refractivity contribution in [2.75, 3.05) is 45.7 Å². The number of piperidine rings is 1. The number of amides is 2. The lowest BCUT2D eigenvalue weighted by Gasteiger charge is -2.35. The van der Waals surface area contributed by atoms with E-state index in [1.54, 1.807) is 44.3 Å². The summed E-state index contributed by atoms with van der Waals surface area (Å²) in [4.78, 5) is 35.1. The molecule has 0 atom stereocenters. The van der Waals surface area contributed by atoms with Crippen LogP contribution in [0.15, 0.2) is 30.3 Å². The fourth-order valence-electron chi connectivity index (χ4n) is 6.55. The third-order valence-electron chi connectivity index (χ3n) is 9.50. The Kier molecular flexibility index (Phi) is 6.55. The van der Waals surface area contributed by atoms with Gasteiger partial charge in [0.05, 0.1) is 39.5 Å². The number of fused-ring (bicyclic) bond motifs is 2. The molecule has 12 heteroatoms. The smallest absolute Gasteiger partial charge is 0.258 e. The van der Waals surface area contributed by atoms with E-state index in [4.69, 9.17) is 0 Å². The molecule has 0 unspecified atom stereocenters. The van der Waals surface area contributed by atoms with Crippen LogP contribution in [0.4, 0.5) is 31.7 Å². The van der Waals surface area contributed by atoms with E-state index in [9.17, 15) is 26.8 Å². The van der Waals surface area contributed by atoms with Crippen LogP contribution >= 0.6 is 0 Å². The summed E-state index contributed by atoms with van der Waals surface area (Å²) in [5.41, 5.74) is 1.68. The second-order valence-corrected chi connectivity index (χ2v) is 14.1. The van der Waals surface area contributed by atoms with Crippen molar-refractivity contribution < 1.29 is 26.8 Å². The van der Waals surface area contributed by atoms with E-state index in [0.717, 1.165) is 25.9 Å². The number of rotatable bonds is 6. The maximum atomic E-state index is 14.0. The Balaban J connectivity index is 1.29. The van der Waals surface area contributed by atoms with Crippen molar-refractivity contribution in [3.8, 4) is 0 Å². The zero-order valence-electron chi connectivity index (χ0n) is 23.3. The molecule has 2 N–H and O–H groups in total. The SMILES string of the molecule is CCS(=O)(=O)Nc1ccc(C(=O)Nc2ccc3c(n2)C2(CCC(F)(F)CC2)C(=O)N3C)c(N2CCC3(CC2)CC3)c1. The first-order valence-corrected chi connectivity index (χ1v) is 15.9. The molecule has 4 aliphatic rings. The fraction of sp³-hybridized carbons (Fsp3) is 0.552. The maximum absolute atomic E-state index is 14.0. The average Bonchev–Trinajstić information content (AvgIpc) is 3.67. The van der Waals surface area contributed by atoms with Crippen molar-refractivity contribution in [1.29, 1.82) is 0 Å². The topological polar surface area (TPSA) is 112 Å². The lowest BCUT2D eigenvalue weighted by atomic mass is 9.71. The Morgan fingerprint density at radius 2 is 1.66 bits per heavy atom. The number of carbonyl (C=O) groups is 2. The van der Waals surface area contributed by atoms with Gasteiger partial charge in [-0.1, -0.05) is 0 Å². The van der Waals surface area contributed by atoms with Crippen LogP contribution < -0.4 is 19.8 Å². The lowest BCUT2D eigenvalue weighted by molar-refractivity contribution is -0.128. The third-order valence-corrected chi connectivity index (χ3v) is 10.8. The zero-order chi connectivity index (χ0) is 29.2. The standard InChI is InChI=1S/C29H35F2N5O4S/c1-3-41(39,40)34-19-4-5-20(22(18-19)36-16-14-27(8-9-27)15-17-36)25(37)33-23-7-6-21-24(32-23)28(26(38)35(21)2)10-12-29(30,31)13-11-28/h4-7,18,34H,3,8-17H2,1-2H3,(H,32,33,37). The number of nitrogens with one attached hydrogen (secondary N) is 2. The van der Waals surface area contributed by atoms with E-state index < -0.39 is 27.3 Å². The van der Waals surface area contributed by atoms with Crippen molar-refractivity contribution >= 4 is 44.7 Å². The molecular formula is C29H35F2N5O4S. The van der Waals surface area contributed by atoms with Crippen LogP contribution in [0.3, 0.4) is 0 Å². The maximum Gasteiger partial charge on any atom is 0.258 e. The zero-order valence-corrected chi connectivity index (χ0v) is 24.1. The van der Waals surface area contributed by atoms with Crippen LogP contribution in [-0.2, 0) is 20.2 Å². The molecule has 2 aromatic rings. The molecule has 1 aromatic heterocycles. The number of anilines is 4. The highest BCUT2D eigenvalue weighted by Gasteiger charge is 2.56. The predicted octanol–water partition coefficient (Wildman–Crippen LogP) is 4.90. The van der Waals surface area contributed by atoms with Gasteiger partial charge < -0.3 is 15.1 Å². The lowest BCUT2D eigenvalue weighted by Crippen LogP contribution is -2.44. The first-order valence-electron chi connectivity index (χ1n) is 14.2. The van der Waals surface area contributed by atoms with Crippen LogP contribution in [0.2, 0.25) is 0 Å². The summed E-state index contributed by atoms with van der Waals surface area (Å²) < 4.78 is 55.1. The monoisotopic (exact) mass is 587 g/mol. The minimum atomic E-state index is -3.50. The van der Waals surface area contributed by atoms with Crippen molar-refractivity contribution in [3.05, 3.63) is 41.6 Å². The van der Waals surface area contributed by atoms with Gasteiger partial charge in [0, 0.05) is 33.0 Å². The number of sulfonamides is 1. The van der Waals surface area contributed by atoms with Gasteiger partial charge in [-0.15, -0.1) is 0 Å². The number of nitrogens with zero attached hydrogens (tertiary/aromatic N) is 3. The number of halogens is 2. The van der Waals surface area contributed by atoms with Gasteiger partial charge in [0.1, 0.15) is 5.82 Å². The fourth-order valence-corrected chi connectivity index (χ4v) is 7.18. The minimum Gasteiger partial charge on any atom is -0.371 e. The summed E-state index contributed by atoms with van der Waals surface area (Å²) in [6.45, 7) is 3.09. The van der Waals surface area contributed by atoms with E-state index in [2.05, 4.69) is 19.9 Å². The molecule has 2 spiro atoms. The largest absolute Gasteiger partial charge is 0.371 e. The van der Waals surface area contributed by atoms with Gasteiger partial charge in [-0.05, 0) is 81.2 Å². The normalized spacial score (nSPS) is 22.1. The molecule has 0 radical (unpaired) electrons. The highest BCUT2D eigenvalue weighted by molar-refractivity contribution is 7.92. The van der Waals surface area contributed by atoms with Crippen LogP contribution in [0.1, 0.15) is 74.3 Å². The molecule has 1 saturated heterocycles. The second-order valence-electron chi connectivity index (χ2n) is 12.0. The third kappa shape index (κ3) is 5.04. The second kappa shape index (κ2) is 9.64. The number of likely N-dealkylation sites (N-methyl/N-ethyl adjacent to an activating group) is 1. The van der Waals surface area contributed by atoms with Crippen molar-refractivity contribution in [2.24, 2.45) is 5.41 Å². The molecule has 0 bridgehead atoms. The first-order chi connectivity index (χ1) is 19.4. The van der Waals surface area contributed by atoms with Gasteiger partial charge in [0.15, 0.2) is 0 Å². The molecule has 220 valence electrons. The van der Waals surface area contributed by atoms with E-state index in [1.807, 2.05) is 0 Å². The first kappa shape index (κ1) is 27.9. The minimum absolute atomic E-state index is 0.00367. The van der Waals surface area contributed by atoms with Gasteiger partial charge >= 0.3 is 0 Å². The van der Waals surface area contributed by atoms with E-state index in [1.165, 1.54) is 17.7 Å².